The van der Waals surface area contributed by atoms with Crippen molar-refractivity contribution in [2.24, 2.45) is 5.16 Å². The molecule has 0 atom stereocenters. The van der Waals surface area contributed by atoms with E-state index in [2.05, 4.69) is 38.4 Å². The molecule has 2 N–H and O–H groups in total. The molecular formula is C18H16IN3O5. The number of benzene rings is 2. The highest BCUT2D eigenvalue weighted by atomic mass is 127. The van der Waals surface area contributed by atoms with E-state index in [1.807, 2.05) is 12.1 Å². The second-order valence-corrected chi connectivity index (χ2v) is 6.66. The van der Waals surface area contributed by atoms with Gasteiger partial charge in [-0.15, -0.1) is 0 Å². The van der Waals surface area contributed by atoms with Gasteiger partial charge in [-0.3, -0.25) is 9.59 Å². The summed E-state index contributed by atoms with van der Waals surface area (Å²) in [6, 6.07) is 12.4. The number of oxime groups is 1. The summed E-state index contributed by atoms with van der Waals surface area (Å²) in [5.41, 5.74) is 1.19. The molecular weight excluding hydrogens is 465 g/mol. The summed E-state index contributed by atoms with van der Waals surface area (Å²) >= 11 is 2.17. The van der Waals surface area contributed by atoms with E-state index in [0.29, 0.717) is 36.1 Å². The number of hydrogen-bond donors (Lipinski definition) is 2. The van der Waals surface area contributed by atoms with E-state index >= 15 is 0 Å². The van der Waals surface area contributed by atoms with Gasteiger partial charge in [-0.25, -0.2) is 0 Å². The van der Waals surface area contributed by atoms with Gasteiger partial charge in [0.05, 0.1) is 0 Å². The highest BCUT2D eigenvalue weighted by Gasteiger charge is 2.12. The Morgan fingerprint density at radius 2 is 1.74 bits per heavy atom. The Balaban J connectivity index is 1.42. The van der Waals surface area contributed by atoms with Crippen molar-refractivity contribution in [3.63, 3.8) is 0 Å². The molecule has 0 aromatic heterocycles. The van der Waals surface area contributed by atoms with Crippen molar-refractivity contribution in [1.82, 2.24) is 0 Å². The predicted molar refractivity (Wildman–Crippen MR) is 108 cm³/mol. The second-order valence-electron chi connectivity index (χ2n) is 5.41. The Morgan fingerprint density at radius 1 is 1.04 bits per heavy atom. The van der Waals surface area contributed by atoms with E-state index < -0.39 is 5.91 Å². The maximum atomic E-state index is 11.8. The highest BCUT2D eigenvalue weighted by Crippen LogP contribution is 2.32. The van der Waals surface area contributed by atoms with Crippen LogP contribution in [0.3, 0.4) is 0 Å². The zero-order valence-electron chi connectivity index (χ0n) is 14.1. The average molecular weight is 481 g/mol. The fraction of sp³-hybridized carbons (Fsp3) is 0.167. The molecule has 1 heterocycles. The Labute approximate surface area is 169 Å². The van der Waals surface area contributed by atoms with Gasteiger partial charge in [-0.2, -0.15) is 0 Å². The number of hydrogen-bond acceptors (Lipinski definition) is 6. The molecule has 2 aromatic carbocycles. The van der Waals surface area contributed by atoms with Gasteiger partial charge in [0.1, 0.15) is 19.4 Å². The number of rotatable bonds is 6. The first-order chi connectivity index (χ1) is 13.1. The van der Waals surface area contributed by atoms with E-state index in [1.54, 1.807) is 30.3 Å². The molecule has 0 radical (unpaired) electrons. The second kappa shape index (κ2) is 9.21. The van der Waals surface area contributed by atoms with Gasteiger partial charge >= 0.3 is 0 Å². The summed E-state index contributed by atoms with van der Waals surface area (Å²) in [4.78, 5) is 28.4. The molecule has 8 nitrogen and oxygen atoms in total. The van der Waals surface area contributed by atoms with Crippen LogP contribution in [0.4, 0.5) is 11.4 Å². The van der Waals surface area contributed by atoms with Crippen LogP contribution >= 0.6 is 22.6 Å². The number of halogens is 1. The Morgan fingerprint density at radius 3 is 2.52 bits per heavy atom. The highest BCUT2D eigenvalue weighted by molar-refractivity contribution is 14.1. The SMILES string of the molecule is O=C(/C=N/OCC(=O)Nc1ccc(I)cc1)Nc1ccc2c(c1)OCCO2. The van der Waals surface area contributed by atoms with Crippen LogP contribution in [0.1, 0.15) is 0 Å². The zero-order chi connectivity index (χ0) is 19.1. The van der Waals surface area contributed by atoms with E-state index in [1.165, 1.54) is 0 Å². The van der Waals surface area contributed by atoms with Gasteiger partial charge in [0.15, 0.2) is 18.1 Å². The third-order valence-electron chi connectivity index (χ3n) is 3.38. The molecule has 0 saturated carbocycles. The van der Waals surface area contributed by atoms with Crippen LogP contribution in [-0.2, 0) is 14.4 Å². The number of nitrogens with zero attached hydrogens (tertiary/aromatic N) is 1. The Hall–Kier alpha value is -2.82. The van der Waals surface area contributed by atoms with Crippen molar-refractivity contribution in [3.8, 4) is 11.5 Å². The third-order valence-corrected chi connectivity index (χ3v) is 4.10. The van der Waals surface area contributed by atoms with Crippen molar-refractivity contribution in [2.75, 3.05) is 30.5 Å². The maximum Gasteiger partial charge on any atom is 0.270 e. The van der Waals surface area contributed by atoms with Crippen LogP contribution in [0.5, 0.6) is 11.5 Å². The largest absolute Gasteiger partial charge is 0.486 e. The lowest BCUT2D eigenvalue weighted by Gasteiger charge is -2.18. The van der Waals surface area contributed by atoms with Gasteiger partial charge in [-0.05, 0) is 59.0 Å². The first-order valence-electron chi connectivity index (χ1n) is 8.01. The van der Waals surface area contributed by atoms with Crippen LogP contribution in [-0.4, -0.2) is 37.8 Å². The summed E-state index contributed by atoms with van der Waals surface area (Å²) in [6.45, 7) is 0.656. The van der Waals surface area contributed by atoms with Crippen molar-refractivity contribution < 1.29 is 23.9 Å². The first kappa shape index (κ1) is 19.0. The lowest BCUT2D eigenvalue weighted by molar-refractivity contribution is -0.120. The van der Waals surface area contributed by atoms with Crippen molar-refractivity contribution >= 4 is 52.0 Å². The van der Waals surface area contributed by atoms with E-state index in [0.717, 1.165) is 9.78 Å². The normalized spacial score (nSPS) is 12.5. The van der Waals surface area contributed by atoms with Gasteiger partial charge < -0.3 is 24.9 Å². The molecule has 0 fully saturated rings. The predicted octanol–water partition coefficient (Wildman–Crippen LogP) is 2.64. The number of fused-ring (bicyclic) bond motifs is 1. The minimum atomic E-state index is -0.496. The fourth-order valence-electron chi connectivity index (χ4n) is 2.21. The van der Waals surface area contributed by atoms with E-state index in [9.17, 15) is 9.59 Å². The number of anilines is 2. The standard InChI is InChI=1S/C18H16IN3O5/c19-12-1-3-13(4-2-12)21-18(24)11-27-20-10-17(23)22-14-5-6-15-16(9-14)26-8-7-25-15/h1-6,9-10H,7-8,11H2,(H,21,24)(H,22,23)/b20-10+. The van der Waals surface area contributed by atoms with Crippen LogP contribution < -0.4 is 20.1 Å². The first-order valence-corrected chi connectivity index (χ1v) is 9.09. The molecule has 1 aliphatic heterocycles. The smallest absolute Gasteiger partial charge is 0.270 e. The third kappa shape index (κ3) is 5.84. The van der Waals surface area contributed by atoms with E-state index in [4.69, 9.17) is 14.3 Å². The lowest BCUT2D eigenvalue weighted by atomic mass is 10.2. The van der Waals surface area contributed by atoms with Gasteiger partial charge in [-0.1, -0.05) is 5.16 Å². The van der Waals surface area contributed by atoms with Gasteiger partial charge in [0, 0.05) is 21.0 Å². The fourth-order valence-corrected chi connectivity index (χ4v) is 2.57. The quantitative estimate of drug-likeness (QED) is 0.376. The number of ether oxygens (including phenoxy) is 2. The molecule has 3 rings (SSSR count). The molecule has 0 bridgehead atoms. The minimum Gasteiger partial charge on any atom is -0.486 e. The number of amides is 2. The topological polar surface area (TPSA) is 98.2 Å². The Kier molecular flexibility index (Phi) is 6.47. The molecule has 9 heteroatoms. The molecule has 0 saturated heterocycles. The van der Waals surface area contributed by atoms with Gasteiger partial charge in [0.25, 0.3) is 11.8 Å². The monoisotopic (exact) mass is 481 g/mol. The minimum absolute atomic E-state index is 0.306. The lowest BCUT2D eigenvalue weighted by Crippen LogP contribution is -2.18. The van der Waals surface area contributed by atoms with Crippen LogP contribution in [0, 0.1) is 3.57 Å². The van der Waals surface area contributed by atoms with Crippen LogP contribution in [0.25, 0.3) is 0 Å². The van der Waals surface area contributed by atoms with Crippen molar-refractivity contribution in [2.45, 2.75) is 0 Å². The van der Waals surface area contributed by atoms with E-state index in [-0.39, 0.29) is 12.5 Å². The van der Waals surface area contributed by atoms with Crippen LogP contribution in [0.2, 0.25) is 0 Å². The van der Waals surface area contributed by atoms with Crippen LogP contribution in [0.15, 0.2) is 47.6 Å². The summed E-state index contributed by atoms with van der Waals surface area (Å²) in [6.07, 6.45) is 0.953. The van der Waals surface area contributed by atoms with Crippen molar-refractivity contribution in [3.05, 3.63) is 46.0 Å². The Bertz CT molecular complexity index is 855. The molecule has 0 spiro atoms. The molecule has 0 aliphatic carbocycles. The summed E-state index contributed by atoms with van der Waals surface area (Å²) in [5, 5.41) is 8.77. The number of carbonyl (C=O) groups is 2. The molecule has 2 aromatic rings. The zero-order valence-corrected chi connectivity index (χ0v) is 16.3. The number of nitrogens with one attached hydrogen (secondary N) is 2. The summed E-state index contributed by atoms with van der Waals surface area (Å²) < 4.78 is 11.9. The molecule has 27 heavy (non-hydrogen) atoms. The number of carbonyl (C=O) groups excluding carboxylic acids is 2. The average Bonchev–Trinajstić information content (AvgIpc) is 2.67. The molecule has 0 unspecified atom stereocenters. The maximum absolute atomic E-state index is 11.8. The molecule has 1 aliphatic rings. The summed E-state index contributed by atoms with van der Waals surface area (Å²) in [5.74, 6) is 0.334. The van der Waals surface area contributed by atoms with Gasteiger partial charge in [0.2, 0.25) is 0 Å². The molecule has 140 valence electrons. The summed E-state index contributed by atoms with van der Waals surface area (Å²) in [7, 11) is 0. The van der Waals surface area contributed by atoms with Crippen molar-refractivity contribution in [1.29, 1.82) is 0 Å². The molecule has 2 amide bonds.